The van der Waals surface area contributed by atoms with Crippen LogP contribution in [0.25, 0.3) is 4.96 Å². The Hall–Kier alpha value is -0.940. The molecule has 0 amide bonds. The highest BCUT2D eigenvalue weighted by Gasteiger charge is 2.21. The van der Waals surface area contributed by atoms with Gasteiger partial charge in [-0.25, -0.2) is 9.50 Å². The SMILES string of the molecule is Cc1nc2sc(C3CCCCC3)nn2c1CO. The smallest absolute Gasteiger partial charge is 0.212 e. The molecule has 1 N–H and O–H groups in total. The molecule has 0 bridgehead atoms. The van der Waals surface area contributed by atoms with Crippen LogP contribution in [0.4, 0.5) is 0 Å². The molecule has 0 radical (unpaired) electrons. The van der Waals surface area contributed by atoms with E-state index in [0.29, 0.717) is 5.92 Å². The second-order valence-electron chi connectivity index (χ2n) is 4.77. The molecule has 0 spiro atoms. The van der Waals surface area contributed by atoms with Crippen LogP contribution >= 0.6 is 11.3 Å². The maximum Gasteiger partial charge on any atom is 0.212 e. The minimum atomic E-state index is 0.0147. The lowest BCUT2D eigenvalue weighted by atomic mass is 9.90. The zero-order chi connectivity index (χ0) is 11.8. The fraction of sp³-hybridized carbons (Fsp3) is 0.667. The van der Waals surface area contributed by atoms with Crippen LogP contribution in [0.3, 0.4) is 0 Å². The summed E-state index contributed by atoms with van der Waals surface area (Å²) in [6.45, 7) is 1.94. The van der Waals surface area contributed by atoms with Gasteiger partial charge in [0.1, 0.15) is 5.01 Å². The molecule has 0 saturated heterocycles. The van der Waals surface area contributed by atoms with Gasteiger partial charge in [-0.3, -0.25) is 0 Å². The number of rotatable bonds is 2. The normalized spacial score (nSPS) is 18.0. The van der Waals surface area contributed by atoms with Crippen LogP contribution in [-0.2, 0) is 6.61 Å². The molecule has 0 aliphatic heterocycles. The number of fused-ring (bicyclic) bond motifs is 1. The molecule has 3 rings (SSSR count). The summed E-state index contributed by atoms with van der Waals surface area (Å²) >= 11 is 1.68. The van der Waals surface area contributed by atoms with Crippen molar-refractivity contribution < 1.29 is 5.11 Å². The van der Waals surface area contributed by atoms with Crippen LogP contribution in [0.5, 0.6) is 0 Å². The van der Waals surface area contributed by atoms with Crippen molar-refractivity contribution in [2.75, 3.05) is 0 Å². The third-order valence-electron chi connectivity index (χ3n) is 3.62. The lowest BCUT2D eigenvalue weighted by molar-refractivity contribution is 0.273. The van der Waals surface area contributed by atoms with Gasteiger partial charge in [-0.1, -0.05) is 30.6 Å². The molecule has 1 fully saturated rings. The third-order valence-corrected chi connectivity index (χ3v) is 4.69. The quantitative estimate of drug-likeness (QED) is 0.892. The van der Waals surface area contributed by atoms with Gasteiger partial charge in [-0.15, -0.1) is 0 Å². The average Bonchev–Trinajstić information content (AvgIpc) is 2.86. The predicted molar refractivity (Wildman–Crippen MR) is 67.3 cm³/mol. The van der Waals surface area contributed by atoms with Crippen molar-refractivity contribution in [2.24, 2.45) is 0 Å². The van der Waals surface area contributed by atoms with E-state index >= 15 is 0 Å². The van der Waals surface area contributed by atoms with Crippen LogP contribution in [0.15, 0.2) is 0 Å². The van der Waals surface area contributed by atoms with E-state index in [1.165, 1.54) is 37.1 Å². The van der Waals surface area contributed by atoms with E-state index in [-0.39, 0.29) is 6.61 Å². The maximum atomic E-state index is 9.33. The van der Waals surface area contributed by atoms with E-state index in [2.05, 4.69) is 10.1 Å². The van der Waals surface area contributed by atoms with Crippen LogP contribution in [0.1, 0.15) is 54.4 Å². The predicted octanol–water partition coefficient (Wildman–Crippen LogP) is 2.64. The van der Waals surface area contributed by atoms with Crippen molar-refractivity contribution in [3.63, 3.8) is 0 Å². The number of imidazole rings is 1. The standard InChI is InChI=1S/C12H17N3OS/c1-8-10(7-16)15-12(13-8)17-11(14-15)9-5-3-2-4-6-9/h9,16H,2-7H2,1H3. The van der Waals surface area contributed by atoms with E-state index in [0.717, 1.165) is 16.3 Å². The number of aliphatic hydroxyl groups excluding tert-OH is 1. The summed E-state index contributed by atoms with van der Waals surface area (Å²) in [6, 6.07) is 0. The Morgan fingerprint density at radius 2 is 2.12 bits per heavy atom. The van der Waals surface area contributed by atoms with Gasteiger partial charge < -0.3 is 5.11 Å². The molecule has 4 nitrogen and oxygen atoms in total. The summed E-state index contributed by atoms with van der Waals surface area (Å²) in [5.41, 5.74) is 1.72. The highest BCUT2D eigenvalue weighted by atomic mass is 32.1. The highest BCUT2D eigenvalue weighted by Crippen LogP contribution is 2.35. The Morgan fingerprint density at radius 1 is 1.35 bits per heavy atom. The van der Waals surface area contributed by atoms with E-state index in [4.69, 9.17) is 0 Å². The Balaban J connectivity index is 1.98. The van der Waals surface area contributed by atoms with Gasteiger partial charge in [-0.05, 0) is 19.8 Å². The van der Waals surface area contributed by atoms with Crippen molar-refractivity contribution in [2.45, 2.75) is 51.6 Å². The second kappa shape index (κ2) is 4.38. The first-order valence-electron chi connectivity index (χ1n) is 6.25. The first-order valence-corrected chi connectivity index (χ1v) is 7.07. The van der Waals surface area contributed by atoms with Gasteiger partial charge in [0.15, 0.2) is 0 Å². The van der Waals surface area contributed by atoms with Crippen molar-refractivity contribution in [3.05, 3.63) is 16.4 Å². The van der Waals surface area contributed by atoms with Crippen molar-refractivity contribution in [1.29, 1.82) is 0 Å². The van der Waals surface area contributed by atoms with E-state index < -0.39 is 0 Å². The number of aliphatic hydroxyl groups is 1. The fourth-order valence-electron chi connectivity index (χ4n) is 2.60. The van der Waals surface area contributed by atoms with Crippen molar-refractivity contribution in [1.82, 2.24) is 14.6 Å². The minimum Gasteiger partial charge on any atom is -0.390 e. The number of hydrogen-bond acceptors (Lipinski definition) is 4. The van der Waals surface area contributed by atoms with E-state index in [9.17, 15) is 5.11 Å². The molecule has 1 aliphatic rings. The summed E-state index contributed by atoms with van der Waals surface area (Å²) in [4.78, 5) is 5.38. The molecule has 0 aromatic carbocycles. The van der Waals surface area contributed by atoms with Gasteiger partial charge in [0.05, 0.1) is 18.0 Å². The van der Waals surface area contributed by atoms with Gasteiger partial charge in [0.25, 0.3) is 0 Å². The molecule has 1 aliphatic carbocycles. The Bertz CT molecular complexity index is 525. The molecule has 2 aromatic rings. The van der Waals surface area contributed by atoms with Gasteiger partial charge in [0, 0.05) is 5.92 Å². The molecular formula is C12H17N3OS. The maximum absolute atomic E-state index is 9.33. The molecule has 92 valence electrons. The van der Waals surface area contributed by atoms with Crippen LogP contribution in [0.2, 0.25) is 0 Å². The summed E-state index contributed by atoms with van der Waals surface area (Å²) in [7, 11) is 0. The third kappa shape index (κ3) is 1.87. The molecule has 2 aromatic heterocycles. The Morgan fingerprint density at radius 3 is 2.82 bits per heavy atom. The summed E-state index contributed by atoms with van der Waals surface area (Å²) in [5, 5.41) is 15.2. The Labute approximate surface area is 104 Å². The number of hydrogen-bond donors (Lipinski definition) is 1. The Kier molecular flexibility index (Phi) is 2.88. The first-order chi connectivity index (χ1) is 8.29. The minimum absolute atomic E-state index is 0.0147. The summed E-state index contributed by atoms with van der Waals surface area (Å²) < 4.78 is 1.82. The number of nitrogens with zero attached hydrogens (tertiary/aromatic N) is 3. The fourth-order valence-corrected chi connectivity index (χ4v) is 3.73. The zero-order valence-electron chi connectivity index (χ0n) is 10.0. The molecule has 0 unspecified atom stereocenters. The summed E-state index contributed by atoms with van der Waals surface area (Å²) in [5.74, 6) is 0.613. The van der Waals surface area contributed by atoms with Crippen LogP contribution < -0.4 is 0 Å². The largest absolute Gasteiger partial charge is 0.390 e. The van der Waals surface area contributed by atoms with Gasteiger partial charge in [-0.2, -0.15) is 5.10 Å². The molecular weight excluding hydrogens is 234 g/mol. The van der Waals surface area contributed by atoms with E-state index in [1.54, 1.807) is 11.3 Å². The van der Waals surface area contributed by atoms with Gasteiger partial charge >= 0.3 is 0 Å². The van der Waals surface area contributed by atoms with Crippen LogP contribution in [0, 0.1) is 6.92 Å². The monoisotopic (exact) mass is 251 g/mol. The molecule has 0 atom stereocenters. The number of aromatic nitrogens is 3. The van der Waals surface area contributed by atoms with Crippen molar-refractivity contribution >= 4 is 16.3 Å². The average molecular weight is 251 g/mol. The van der Waals surface area contributed by atoms with E-state index in [1.807, 2.05) is 11.4 Å². The molecule has 2 heterocycles. The topological polar surface area (TPSA) is 50.4 Å². The molecule has 1 saturated carbocycles. The van der Waals surface area contributed by atoms with Crippen LogP contribution in [-0.4, -0.2) is 19.7 Å². The number of aryl methyl sites for hydroxylation is 1. The lowest BCUT2D eigenvalue weighted by Gasteiger charge is -2.18. The van der Waals surface area contributed by atoms with Gasteiger partial charge in [0.2, 0.25) is 4.96 Å². The zero-order valence-corrected chi connectivity index (χ0v) is 10.8. The highest BCUT2D eigenvalue weighted by molar-refractivity contribution is 7.16. The second-order valence-corrected chi connectivity index (χ2v) is 5.76. The molecule has 17 heavy (non-hydrogen) atoms. The summed E-state index contributed by atoms with van der Waals surface area (Å²) in [6.07, 6.45) is 6.51. The first kappa shape index (κ1) is 11.2. The molecule has 5 heteroatoms. The lowest BCUT2D eigenvalue weighted by Crippen LogP contribution is -2.05. The van der Waals surface area contributed by atoms with Crippen molar-refractivity contribution in [3.8, 4) is 0 Å².